The summed E-state index contributed by atoms with van der Waals surface area (Å²) in [6, 6.07) is 22.2. The van der Waals surface area contributed by atoms with E-state index in [9.17, 15) is 10.5 Å². The minimum absolute atomic E-state index is 0.100. The van der Waals surface area contributed by atoms with Gasteiger partial charge >= 0.3 is 0 Å². The van der Waals surface area contributed by atoms with Crippen LogP contribution in [0.1, 0.15) is 31.2 Å². The van der Waals surface area contributed by atoms with E-state index < -0.39 is 0 Å². The molecule has 140 valence electrons. The van der Waals surface area contributed by atoms with Crippen molar-refractivity contribution in [1.29, 1.82) is 10.5 Å². The van der Waals surface area contributed by atoms with Crippen molar-refractivity contribution >= 4 is 17.0 Å². The van der Waals surface area contributed by atoms with Crippen LogP contribution in [0.2, 0.25) is 0 Å². The number of nitriles is 2. The molecule has 0 aliphatic carbocycles. The third-order valence-electron chi connectivity index (χ3n) is 4.88. The summed E-state index contributed by atoms with van der Waals surface area (Å²) in [5.74, 6) is 0. The molecule has 0 radical (unpaired) electrons. The molecule has 0 unspecified atom stereocenters. The lowest BCUT2D eigenvalue weighted by molar-refractivity contribution is 0.282. The molecule has 0 saturated carbocycles. The van der Waals surface area contributed by atoms with E-state index in [0.717, 1.165) is 60.0 Å². The standard InChI is InChI=1S/C24H23N3O/c25-17-19(18-26)16-22-21-12-6-7-13-23(21)27(14-8-1-2-9-15-28)24(22)20-10-4-3-5-11-20/h3-7,10-13,16,28H,1-2,8-9,14-15H2. The third-order valence-corrected chi connectivity index (χ3v) is 4.88. The van der Waals surface area contributed by atoms with E-state index in [1.807, 2.05) is 48.5 Å². The molecule has 1 N–H and O–H groups in total. The van der Waals surface area contributed by atoms with E-state index in [1.54, 1.807) is 6.08 Å². The highest BCUT2D eigenvalue weighted by Crippen LogP contribution is 2.35. The maximum Gasteiger partial charge on any atom is 0.130 e. The van der Waals surface area contributed by atoms with Crippen molar-refractivity contribution in [3.05, 3.63) is 65.7 Å². The second kappa shape index (κ2) is 9.55. The lowest BCUT2D eigenvalue weighted by Gasteiger charge is -2.12. The number of unbranched alkanes of at least 4 members (excludes halogenated alkanes) is 3. The van der Waals surface area contributed by atoms with Gasteiger partial charge in [0, 0.05) is 29.6 Å². The summed E-state index contributed by atoms with van der Waals surface area (Å²) in [7, 11) is 0. The predicted octanol–water partition coefficient (Wildman–Crippen LogP) is 5.29. The van der Waals surface area contributed by atoms with Crippen molar-refractivity contribution in [2.45, 2.75) is 32.2 Å². The zero-order chi connectivity index (χ0) is 19.8. The summed E-state index contributed by atoms with van der Waals surface area (Å²) in [5, 5.41) is 28.6. The fourth-order valence-electron chi connectivity index (χ4n) is 3.59. The van der Waals surface area contributed by atoms with Crippen molar-refractivity contribution < 1.29 is 5.11 Å². The van der Waals surface area contributed by atoms with Crippen LogP contribution in [-0.4, -0.2) is 16.3 Å². The van der Waals surface area contributed by atoms with Gasteiger partial charge in [-0.25, -0.2) is 0 Å². The summed E-state index contributed by atoms with van der Waals surface area (Å²) in [5.41, 5.74) is 4.21. The van der Waals surface area contributed by atoms with E-state index in [-0.39, 0.29) is 12.2 Å². The van der Waals surface area contributed by atoms with Gasteiger partial charge in [0.15, 0.2) is 0 Å². The lowest BCUT2D eigenvalue weighted by atomic mass is 10.0. The SMILES string of the molecule is N#CC(C#N)=Cc1c(-c2ccccc2)n(CCCCCCO)c2ccccc12. The first-order valence-corrected chi connectivity index (χ1v) is 9.59. The van der Waals surface area contributed by atoms with Gasteiger partial charge < -0.3 is 9.67 Å². The Morgan fingerprint density at radius 1 is 0.893 bits per heavy atom. The number of aliphatic hydroxyl groups excluding tert-OH is 1. The molecular weight excluding hydrogens is 346 g/mol. The van der Waals surface area contributed by atoms with Crippen LogP contribution in [0.5, 0.6) is 0 Å². The van der Waals surface area contributed by atoms with Crippen LogP contribution in [0, 0.1) is 22.7 Å². The lowest BCUT2D eigenvalue weighted by Crippen LogP contribution is -2.01. The molecule has 1 heterocycles. The topological polar surface area (TPSA) is 72.7 Å². The molecule has 1 aromatic heterocycles. The second-order valence-corrected chi connectivity index (χ2v) is 6.72. The van der Waals surface area contributed by atoms with Crippen LogP contribution in [-0.2, 0) is 6.54 Å². The van der Waals surface area contributed by atoms with Crippen LogP contribution >= 0.6 is 0 Å². The van der Waals surface area contributed by atoms with Crippen LogP contribution in [0.3, 0.4) is 0 Å². The number of aliphatic hydroxyl groups is 1. The molecule has 4 nitrogen and oxygen atoms in total. The number of allylic oxidation sites excluding steroid dienone is 1. The second-order valence-electron chi connectivity index (χ2n) is 6.72. The molecule has 0 aliphatic heterocycles. The first-order chi connectivity index (χ1) is 13.8. The molecule has 0 atom stereocenters. The Morgan fingerprint density at radius 2 is 1.57 bits per heavy atom. The van der Waals surface area contributed by atoms with Crippen LogP contribution in [0.4, 0.5) is 0 Å². The molecule has 0 saturated heterocycles. The van der Waals surface area contributed by atoms with Gasteiger partial charge in [-0.2, -0.15) is 10.5 Å². The molecule has 4 heteroatoms. The molecular formula is C24H23N3O. The monoisotopic (exact) mass is 369 g/mol. The van der Waals surface area contributed by atoms with E-state index >= 15 is 0 Å². The van der Waals surface area contributed by atoms with Gasteiger partial charge in [-0.3, -0.25) is 0 Å². The van der Waals surface area contributed by atoms with Gasteiger partial charge in [-0.05, 0) is 30.5 Å². The van der Waals surface area contributed by atoms with Crippen molar-refractivity contribution in [2.24, 2.45) is 0 Å². The Labute approximate surface area is 165 Å². The van der Waals surface area contributed by atoms with E-state index in [0.29, 0.717) is 0 Å². The number of para-hydroxylation sites is 1. The van der Waals surface area contributed by atoms with Gasteiger partial charge in [0.25, 0.3) is 0 Å². The Morgan fingerprint density at radius 3 is 2.29 bits per heavy atom. The van der Waals surface area contributed by atoms with E-state index in [1.165, 1.54) is 0 Å². The zero-order valence-corrected chi connectivity index (χ0v) is 15.8. The van der Waals surface area contributed by atoms with Gasteiger partial charge in [-0.15, -0.1) is 0 Å². The molecule has 3 rings (SSSR count). The molecule has 28 heavy (non-hydrogen) atoms. The quantitative estimate of drug-likeness (QED) is 0.433. The van der Waals surface area contributed by atoms with Crippen LogP contribution < -0.4 is 0 Å². The molecule has 0 amide bonds. The molecule has 0 bridgehead atoms. The van der Waals surface area contributed by atoms with Gasteiger partial charge in [0.05, 0.1) is 5.69 Å². The van der Waals surface area contributed by atoms with E-state index in [4.69, 9.17) is 5.11 Å². The minimum atomic E-state index is 0.100. The van der Waals surface area contributed by atoms with Crippen molar-refractivity contribution in [1.82, 2.24) is 4.57 Å². The van der Waals surface area contributed by atoms with Gasteiger partial charge in [0.1, 0.15) is 17.7 Å². The summed E-state index contributed by atoms with van der Waals surface area (Å²) in [4.78, 5) is 0. The highest BCUT2D eigenvalue weighted by atomic mass is 16.2. The Balaban J connectivity index is 2.16. The molecule has 2 aromatic carbocycles. The minimum Gasteiger partial charge on any atom is -0.396 e. The van der Waals surface area contributed by atoms with Crippen molar-refractivity contribution in [3.8, 4) is 23.4 Å². The number of hydrogen-bond donors (Lipinski definition) is 1. The van der Waals surface area contributed by atoms with Gasteiger partial charge in [0.2, 0.25) is 0 Å². The number of fused-ring (bicyclic) bond motifs is 1. The Bertz CT molecular complexity index is 1030. The first kappa shape index (κ1) is 19.4. The van der Waals surface area contributed by atoms with Crippen LogP contribution in [0.15, 0.2) is 60.2 Å². The number of nitrogens with zero attached hydrogens (tertiary/aromatic N) is 3. The van der Waals surface area contributed by atoms with E-state index in [2.05, 4.69) is 22.8 Å². The maximum atomic E-state index is 9.28. The summed E-state index contributed by atoms with van der Waals surface area (Å²) >= 11 is 0. The van der Waals surface area contributed by atoms with Crippen LogP contribution in [0.25, 0.3) is 28.2 Å². The zero-order valence-electron chi connectivity index (χ0n) is 15.8. The smallest absolute Gasteiger partial charge is 0.130 e. The predicted molar refractivity (Wildman–Crippen MR) is 112 cm³/mol. The largest absolute Gasteiger partial charge is 0.396 e. The number of rotatable bonds is 8. The van der Waals surface area contributed by atoms with Gasteiger partial charge in [-0.1, -0.05) is 61.4 Å². The maximum absolute atomic E-state index is 9.28. The molecule has 3 aromatic rings. The highest BCUT2D eigenvalue weighted by Gasteiger charge is 2.17. The summed E-state index contributed by atoms with van der Waals surface area (Å²) < 4.78 is 2.29. The Hall–Kier alpha value is -3.34. The number of hydrogen-bond acceptors (Lipinski definition) is 3. The van der Waals surface area contributed by atoms with Crippen molar-refractivity contribution in [3.63, 3.8) is 0 Å². The molecule has 0 spiro atoms. The molecule has 0 fully saturated rings. The first-order valence-electron chi connectivity index (χ1n) is 9.59. The number of aromatic nitrogens is 1. The summed E-state index contributed by atoms with van der Waals surface area (Å²) in [6.07, 6.45) is 5.60. The highest BCUT2D eigenvalue weighted by molar-refractivity contribution is 5.98. The normalized spacial score (nSPS) is 10.4. The fraction of sp³-hybridized carbons (Fsp3) is 0.250. The Kier molecular flexibility index (Phi) is 6.63. The number of aryl methyl sites for hydroxylation is 1. The average molecular weight is 369 g/mol. The fourth-order valence-corrected chi connectivity index (χ4v) is 3.59. The van der Waals surface area contributed by atoms with Crippen molar-refractivity contribution in [2.75, 3.05) is 6.61 Å². The number of benzene rings is 2. The average Bonchev–Trinajstić information content (AvgIpc) is 3.05. The summed E-state index contributed by atoms with van der Waals surface area (Å²) in [6.45, 7) is 1.08. The molecule has 0 aliphatic rings. The third kappa shape index (κ3) is 4.14.